The molecule has 0 fully saturated rings. The Balaban J connectivity index is 2.33. The van der Waals surface area contributed by atoms with Gasteiger partial charge in [0.2, 0.25) is 0 Å². The van der Waals surface area contributed by atoms with Gasteiger partial charge in [-0.05, 0) is 38.0 Å². The van der Waals surface area contributed by atoms with Crippen LogP contribution in [0.1, 0.15) is 17.1 Å². The molecule has 0 aliphatic rings. The number of nitrogens with zero attached hydrogens (tertiary/aromatic N) is 3. The van der Waals surface area contributed by atoms with Gasteiger partial charge in [0.1, 0.15) is 11.6 Å². The summed E-state index contributed by atoms with van der Waals surface area (Å²) < 4.78 is 0. The Bertz CT molecular complexity index is 809. The van der Waals surface area contributed by atoms with Crippen LogP contribution in [-0.4, -0.2) is 15.0 Å². The van der Waals surface area contributed by atoms with E-state index in [1.807, 2.05) is 32.0 Å². The van der Waals surface area contributed by atoms with Gasteiger partial charge in [0, 0.05) is 10.9 Å². The zero-order chi connectivity index (χ0) is 14.3. The van der Waals surface area contributed by atoms with E-state index in [9.17, 15) is 0 Å². The average Bonchev–Trinajstić information content (AvgIpc) is 2.39. The van der Waals surface area contributed by atoms with Gasteiger partial charge in [-0.15, -0.1) is 0 Å². The third-order valence-electron chi connectivity index (χ3n) is 3.45. The lowest BCUT2D eigenvalue weighted by Crippen LogP contribution is -2.01. The first kappa shape index (κ1) is 12.5. The van der Waals surface area contributed by atoms with Crippen molar-refractivity contribution < 1.29 is 0 Å². The number of pyridine rings is 1. The van der Waals surface area contributed by atoms with Crippen molar-refractivity contribution >= 4 is 16.9 Å². The number of nitrogens with two attached hydrogens (primary N) is 1. The van der Waals surface area contributed by atoms with Gasteiger partial charge in [0.15, 0.2) is 5.65 Å². The number of hydrogen-bond donors (Lipinski definition) is 1. The molecule has 0 aliphatic heterocycles. The molecule has 20 heavy (non-hydrogen) atoms. The highest BCUT2D eigenvalue weighted by Gasteiger charge is 2.11. The minimum atomic E-state index is 0.504. The molecular weight excluding hydrogens is 248 g/mol. The van der Waals surface area contributed by atoms with E-state index in [0.717, 1.165) is 22.2 Å². The SMILES string of the molecule is Cc1nc(C)c2cc(-c3ccccc3C)c(N)nc2n1. The lowest BCUT2D eigenvalue weighted by atomic mass is 10.00. The molecule has 3 aromatic rings. The summed E-state index contributed by atoms with van der Waals surface area (Å²) in [7, 11) is 0. The minimum absolute atomic E-state index is 0.504. The van der Waals surface area contributed by atoms with Crippen LogP contribution in [0, 0.1) is 20.8 Å². The molecule has 2 aromatic heterocycles. The van der Waals surface area contributed by atoms with E-state index in [2.05, 4.69) is 34.0 Å². The molecular formula is C16H16N4. The Labute approximate surface area is 117 Å². The second-order valence-corrected chi connectivity index (χ2v) is 4.96. The zero-order valence-corrected chi connectivity index (χ0v) is 11.8. The molecule has 100 valence electrons. The quantitative estimate of drug-likeness (QED) is 0.733. The minimum Gasteiger partial charge on any atom is -0.383 e. The molecule has 0 spiro atoms. The number of aromatic nitrogens is 3. The van der Waals surface area contributed by atoms with E-state index in [0.29, 0.717) is 17.3 Å². The van der Waals surface area contributed by atoms with Gasteiger partial charge in [-0.2, -0.15) is 0 Å². The number of benzene rings is 1. The topological polar surface area (TPSA) is 64.7 Å². The Morgan fingerprint density at radius 2 is 1.65 bits per heavy atom. The predicted octanol–water partition coefficient (Wildman–Crippen LogP) is 3.20. The summed E-state index contributed by atoms with van der Waals surface area (Å²) in [6.45, 7) is 5.90. The fourth-order valence-corrected chi connectivity index (χ4v) is 2.44. The van der Waals surface area contributed by atoms with Crippen molar-refractivity contribution in [1.29, 1.82) is 0 Å². The normalized spacial score (nSPS) is 10.9. The Hall–Kier alpha value is -2.49. The second kappa shape index (κ2) is 4.56. The predicted molar refractivity (Wildman–Crippen MR) is 81.4 cm³/mol. The summed E-state index contributed by atoms with van der Waals surface area (Å²) in [5.74, 6) is 1.22. The van der Waals surface area contributed by atoms with Crippen LogP contribution in [0.15, 0.2) is 30.3 Å². The number of nitrogen functional groups attached to an aromatic ring is 1. The van der Waals surface area contributed by atoms with Crippen molar-refractivity contribution in [3.05, 3.63) is 47.4 Å². The van der Waals surface area contributed by atoms with Crippen LogP contribution in [-0.2, 0) is 0 Å². The standard InChI is InChI=1S/C16H16N4/c1-9-6-4-5-7-12(9)14-8-13-10(2)18-11(3)19-16(13)20-15(14)17/h4-8H,1-3H3,(H2,17,18,19,20). The summed E-state index contributed by atoms with van der Waals surface area (Å²) in [6.07, 6.45) is 0. The van der Waals surface area contributed by atoms with Crippen molar-refractivity contribution in [2.45, 2.75) is 20.8 Å². The maximum Gasteiger partial charge on any atom is 0.165 e. The molecule has 0 atom stereocenters. The molecule has 1 aromatic carbocycles. The van der Waals surface area contributed by atoms with Gasteiger partial charge in [-0.1, -0.05) is 24.3 Å². The van der Waals surface area contributed by atoms with Crippen LogP contribution in [0.25, 0.3) is 22.2 Å². The van der Waals surface area contributed by atoms with Gasteiger partial charge in [0.05, 0.1) is 5.69 Å². The fourth-order valence-electron chi connectivity index (χ4n) is 2.44. The van der Waals surface area contributed by atoms with Crippen LogP contribution in [0.4, 0.5) is 5.82 Å². The fraction of sp³-hybridized carbons (Fsp3) is 0.188. The second-order valence-electron chi connectivity index (χ2n) is 4.96. The highest BCUT2D eigenvalue weighted by Crippen LogP contribution is 2.30. The van der Waals surface area contributed by atoms with Gasteiger partial charge in [0.25, 0.3) is 0 Å². The Morgan fingerprint density at radius 1 is 0.900 bits per heavy atom. The molecule has 2 heterocycles. The molecule has 2 N–H and O–H groups in total. The van der Waals surface area contributed by atoms with E-state index in [4.69, 9.17) is 5.73 Å². The largest absolute Gasteiger partial charge is 0.383 e. The summed E-state index contributed by atoms with van der Waals surface area (Å²) in [6, 6.07) is 10.2. The van der Waals surface area contributed by atoms with E-state index >= 15 is 0 Å². The first-order valence-corrected chi connectivity index (χ1v) is 6.54. The zero-order valence-electron chi connectivity index (χ0n) is 11.8. The summed E-state index contributed by atoms with van der Waals surface area (Å²) in [5.41, 5.74) is 10.9. The Morgan fingerprint density at radius 3 is 2.40 bits per heavy atom. The van der Waals surface area contributed by atoms with E-state index in [-0.39, 0.29) is 0 Å². The number of fused-ring (bicyclic) bond motifs is 1. The van der Waals surface area contributed by atoms with Crippen LogP contribution in [0.5, 0.6) is 0 Å². The molecule has 0 aliphatic carbocycles. The average molecular weight is 264 g/mol. The third-order valence-corrected chi connectivity index (χ3v) is 3.45. The van der Waals surface area contributed by atoms with Gasteiger partial charge < -0.3 is 5.73 Å². The molecule has 0 amide bonds. The summed E-state index contributed by atoms with van der Waals surface area (Å²) in [5, 5.41) is 0.947. The van der Waals surface area contributed by atoms with E-state index in [1.54, 1.807) is 0 Å². The first-order chi connectivity index (χ1) is 9.56. The highest BCUT2D eigenvalue weighted by atomic mass is 15.0. The van der Waals surface area contributed by atoms with Crippen molar-refractivity contribution in [3.63, 3.8) is 0 Å². The molecule has 0 unspecified atom stereocenters. The molecule has 4 nitrogen and oxygen atoms in total. The van der Waals surface area contributed by atoms with Crippen LogP contribution < -0.4 is 5.73 Å². The molecule has 0 saturated heterocycles. The number of anilines is 1. The Kier molecular flexibility index (Phi) is 2.86. The molecule has 0 saturated carbocycles. The van der Waals surface area contributed by atoms with Crippen molar-refractivity contribution in [3.8, 4) is 11.1 Å². The molecule has 0 bridgehead atoms. The lowest BCUT2D eigenvalue weighted by Gasteiger charge is -2.11. The summed E-state index contributed by atoms with van der Waals surface area (Å²) in [4.78, 5) is 13.2. The first-order valence-electron chi connectivity index (χ1n) is 6.54. The van der Waals surface area contributed by atoms with Crippen LogP contribution >= 0.6 is 0 Å². The summed E-state index contributed by atoms with van der Waals surface area (Å²) >= 11 is 0. The van der Waals surface area contributed by atoms with Crippen LogP contribution in [0.2, 0.25) is 0 Å². The molecule has 0 radical (unpaired) electrons. The van der Waals surface area contributed by atoms with Crippen molar-refractivity contribution in [1.82, 2.24) is 15.0 Å². The van der Waals surface area contributed by atoms with Gasteiger partial charge in [-0.25, -0.2) is 15.0 Å². The lowest BCUT2D eigenvalue weighted by molar-refractivity contribution is 1.04. The van der Waals surface area contributed by atoms with Crippen molar-refractivity contribution in [2.75, 3.05) is 5.73 Å². The maximum atomic E-state index is 6.12. The highest BCUT2D eigenvalue weighted by molar-refractivity contribution is 5.88. The smallest absolute Gasteiger partial charge is 0.165 e. The van der Waals surface area contributed by atoms with Gasteiger partial charge >= 0.3 is 0 Å². The number of aryl methyl sites for hydroxylation is 3. The van der Waals surface area contributed by atoms with Crippen LogP contribution in [0.3, 0.4) is 0 Å². The molecule has 4 heteroatoms. The van der Waals surface area contributed by atoms with E-state index in [1.165, 1.54) is 5.56 Å². The third kappa shape index (κ3) is 1.99. The van der Waals surface area contributed by atoms with Crippen molar-refractivity contribution in [2.24, 2.45) is 0 Å². The number of rotatable bonds is 1. The van der Waals surface area contributed by atoms with Gasteiger partial charge in [-0.3, -0.25) is 0 Å². The molecule has 3 rings (SSSR count). The number of hydrogen-bond acceptors (Lipinski definition) is 4. The maximum absolute atomic E-state index is 6.12. The van der Waals surface area contributed by atoms with E-state index < -0.39 is 0 Å². The monoisotopic (exact) mass is 264 g/mol.